The molecule has 0 radical (unpaired) electrons. The standard InChI is InChI=1S/C13H19N5O2/c1-3-20-12(19)13(2,11-6-4-7-15-10-11)16-8-5-9-17-18-14/h4,6-7,10,16H,3,5,8-9H2,1-2H3. The predicted molar refractivity (Wildman–Crippen MR) is 74.9 cm³/mol. The number of carbonyl (C=O) groups is 1. The second kappa shape index (κ2) is 8.14. The van der Waals surface area contributed by atoms with E-state index in [2.05, 4.69) is 20.3 Å². The molecular formula is C13H19N5O2. The van der Waals surface area contributed by atoms with Crippen molar-refractivity contribution in [1.82, 2.24) is 10.3 Å². The zero-order valence-corrected chi connectivity index (χ0v) is 11.7. The molecule has 1 N–H and O–H groups in total. The van der Waals surface area contributed by atoms with Crippen molar-refractivity contribution >= 4 is 5.97 Å². The first-order chi connectivity index (χ1) is 9.65. The van der Waals surface area contributed by atoms with Crippen molar-refractivity contribution < 1.29 is 9.53 Å². The average molecular weight is 277 g/mol. The lowest BCUT2D eigenvalue weighted by Gasteiger charge is -2.28. The van der Waals surface area contributed by atoms with Gasteiger partial charge in [0.05, 0.1) is 6.61 Å². The summed E-state index contributed by atoms with van der Waals surface area (Å²) in [6.07, 6.45) is 3.92. The lowest BCUT2D eigenvalue weighted by Crippen LogP contribution is -2.48. The summed E-state index contributed by atoms with van der Waals surface area (Å²) in [4.78, 5) is 18.9. The molecule has 0 aromatic carbocycles. The average Bonchev–Trinajstić information content (AvgIpc) is 2.48. The van der Waals surface area contributed by atoms with Crippen molar-refractivity contribution in [3.8, 4) is 0 Å². The highest BCUT2D eigenvalue weighted by molar-refractivity contribution is 5.82. The predicted octanol–water partition coefficient (Wildman–Crippen LogP) is 2.15. The Kier molecular flexibility index (Phi) is 6.49. The maximum Gasteiger partial charge on any atom is 0.330 e. The van der Waals surface area contributed by atoms with E-state index in [1.165, 1.54) is 0 Å². The van der Waals surface area contributed by atoms with E-state index in [4.69, 9.17) is 10.3 Å². The fourth-order valence-corrected chi connectivity index (χ4v) is 1.76. The second-order valence-corrected chi connectivity index (χ2v) is 4.32. The third kappa shape index (κ3) is 4.22. The normalized spacial score (nSPS) is 13.1. The Morgan fingerprint density at radius 2 is 2.45 bits per heavy atom. The fraction of sp³-hybridized carbons (Fsp3) is 0.538. The molecule has 7 nitrogen and oxygen atoms in total. The summed E-state index contributed by atoms with van der Waals surface area (Å²) in [7, 11) is 0. The molecule has 1 aromatic rings. The number of rotatable bonds is 8. The van der Waals surface area contributed by atoms with Crippen LogP contribution in [-0.2, 0) is 15.1 Å². The highest BCUT2D eigenvalue weighted by atomic mass is 16.5. The second-order valence-electron chi connectivity index (χ2n) is 4.32. The molecular weight excluding hydrogens is 258 g/mol. The van der Waals surface area contributed by atoms with E-state index in [1.807, 2.05) is 6.07 Å². The topological polar surface area (TPSA) is 100.0 Å². The number of pyridine rings is 1. The largest absolute Gasteiger partial charge is 0.464 e. The molecule has 1 heterocycles. The van der Waals surface area contributed by atoms with Crippen LogP contribution in [-0.4, -0.2) is 30.6 Å². The smallest absolute Gasteiger partial charge is 0.330 e. The van der Waals surface area contributed by atoms with Crippen molar-refractivity contribution in [2.75, 3.05) is 19.7 Å². The first-order valence-electron chi connectivity index (χ1n) is 6.48. The number of aromatic nitrogens is 1. The molecule has 0 bridgehead atoms. The molecule has 1 unspecified atom stereocenters. The van der Waals surface area contributed by atoms with Crippen LogP contribution in [0.1, 0.15) is 25.8 Å². The van der Waals surface area contributed by atoms with Crippen LogP contribution in [0.2, 0.25) is 0 Å². The van der Waals surface area contributed by atoms with E-state index >= 15 is 0 Å². The van der Waals surface area contributed by atoms with Crippen LogP contribution in [0.5, 0.6) is 0 Å². The van der Waals surface area contributed by atoms with Crippen LogP contribution >= 0.6 is 0 Å². The summed E-state index contributed by atoms with van der Waals surface area (Å²) in [5.74, 6) is -0.350. The lowest BCUT2D eigenvalue weighted by atomic mass is 9.93. The molecule has 0 amide bonds. The minimum atomic E-state index is -0.958. The summed E-state index contributed by atoms with van der Waals surface area (Å²) in [5, 5.41) is 6.62. The summed E-state index contributed by atoms with van der Waals surface area (Å²) in [6, 6.07) is 3.60. The van der Waals surface area contributed by atoms with Gasteiger partial charge in [-0.3, -0.25) is 10.3 Å². The monoisotopic (exact) mass is 277 g/mol. The zero-order chi connectivity index (χ0) is 14.8. The van der Waals surface area contributed by atoms with E-state index < -0.39 is 5.54 Å². The summed E-state index contributed by atoms with van der Waals surface area (Å²) in [5.41, 5.74) is 8.00. The quantitative estimate of drug-likeness (QED) is 0.258. The molecule has 0 aliphatic heterocycles. The Labute approximate surface area is 118 Å². The molecule has 0 aliphatic rings. The van der Waals surface area contributed by atoms with Gasteiger partial charge in [-0.1, -0.05) is 11.2 Å². The molecule has 0 fully saturated rings. The minimum Gasteiger partial charge on any atom is -0.464 e. The number of nitrogens with one attached hydrogen (secondary N) is 1. The maximum absolute atomic E-state index is 12.2. The summed E-state index contributed by atoms with van der Waals surface area (Å²) >= 11 is 0. The van der Waals surface area contributed by atoms with Gasteiger partial charge in [0.1, 0.15) is 5.54 Å². The lowest BCUT2D eigenvalue weighted by molar-refractivity contribution is -0.151. The van der Waals surface area contributed by atoms with Crippen LogP contribution in [0.15, 0.2) is 29.6 Å². The van der Waals surface area contributed by atoms with E-state index in [9.17, 15) is 4.79 Å². The molecule has 1 aromatic heterocycles. The van der Waals surface area contributed by atoms with Gasteiger partial charge in [-0.2, -0.15) is 0 Å². The van der Waals surface area contributed by atoms with Gasteiger partial charge in [-0.05, 0) is 38.4 Å². The number of esters is 1. The molecule has 0 saturated carbocycles. The van der Waals surface area contributed by atoms with Gasteiger partial charge in [0.25, 0.3) is 0 Å². The van der Waals surface area contributed by atoms with Gasteiger partial charge >= 0.3 is 5.97 Å². The van der Waals surface area contributed by atoms with Crippen LogP contribution in [0.3, 0.4) is 0 Å². The minimum absolute atomic E-state index is 0.315. The first-order valence-corrected chi connectivity index (χ1v) is 6.48. The maximum atomic E-state index is 12.2. The molecule has 20 heavy (non-hydrogen) atoms. The van der Waals surface area contributed by atoms with Crippen molar-refractivity contribution in [2.24, 2.45) is 5.11 Å². The van der Waals surface area contributed by atoms with E-state index in [-0.39, 0.29) is 5.97 Å². The molecule has 1 atom stereocenters. The summed E-state index contributed by atoms with van der Waals surface area (Å²) in [6.45, 7) is 4.76. The SMILES string of the molecule is CCOC(=O)C(C)(NCCCN=[N+]=[N-])c1cccnc1. The van der Waals surface area contributed by atoms with Crippen molar-refractivity contribution in [3.63, 3.8) is 0 Å². The third-order valence-electron chi connectivity index (χ3n) is 2.90. The van der Waals surface area contributed by atoms with E-state index in [0.717, 1.165) is 5.56 Å². The molecule has 7 heteroatoms. The highest BCUT2D eigenvalue weighted by Gasteiger charge is 2.36. The van der Waals surface area contributed by atoms with Crippen molar-refractivity contribution in [1.29, 1.82) is 0 Å². The van der Waals surface area contributed by atoms with Gasteiger partial charge in [0, 0.05) is 29.4 Å². The van der Waals surface area contributed by atoms with Crippen LogP contribution in [0.4, 0.5) is 0 Å². The number of nitrogens with zero attached hydrogens (tertiary/aromatic N) is 4. The molecule has 1 rings (SSSR count). The Hall–Kier alpha value is -2.11. The van der Waals surface area contributed by atoms with Crippen LogP contribution in [0.25, 0.3) is 10.4 Å². The van der Waals surface area contributed by atoms with Crippen LogP contribution < -0.4 is 5.32 Å². The number of azide groups is 1. The van der Waals surface area contributed by atoms with Crippen molar-refractivity contribution in [2.45, 2.75) is 25.8 Å². The van der Waals surface area contributed by atoms with Crippen LogP contribution in [0, 0.1) is 0 Å². The number of carbonyl (C=O) groups excluding carboxylic acids is 1. The number of ether oxygens (including phenoxy) is 1. The van der Waals surface area contributed by atoms with Gasteiger partial charge in [-0.15, -0.1) is 0 Å². The van der Waals surface area contributed by atoms with Gasteiger partial charge in [-0.25, -0.2) is 4.79 Å². The summed E-state index contributed by atoms with van der Waals surface area (Å²) < 4.78 is 5.13. The highest BCUT2D eigenvalue weighted by Crippen LogP contribution is 2.21. The Balaban J connectivity index is 2.79. The molecule has 0 aliphatic carbocycles. The van der Waals surface area contributed by atoms with Crippen molar-refractivity contribution in [3.05, 3.63) is 40.5 Å². The number of hydrogen-bond donors (Lipinski definition) is 1. The van der Waals surface area contributed by atoms with Gasteiger partial charge in [0.2, 0.25) is 0 Å². The first kappa shape index (κ1) is 15.9. The molecule has 0 spiro atoms. The van der Waals surface area contributed by atoms with Gasteiger partial charge < -0.3 is 4.74 Å². The zero-order valence-electron chi connectivity index (χ0n) is 11.7. The Morgan fingerprint density at radius 1 is 1.65 bits per heavy atom. The van der Waals surface area contributed by atoms with E-state index in [0.29, 0.717) is 26.1 Å². The number of hydrogen-bond acceptors (Lipinski definition) is 5. The van der Waals surface area contributed by atoms with Gasteiger partial charge in [0.15, 0.2) is 0 Å². The fourth-order valence-electron chi connectivity index (χ4n) is 1.76. The molecule has 0 saturated heterocycles. The molecule has 108 valence electrons. The third-order valence-corrected chi connectivity index (χ3v) is 2.90. The Bertz CT molecular complexity index is 473. The van der Waals surface area contributed by atoms with E-state index in [1.54, 1.807) is 32.3 Å². The Morgan fingerprint density at radius 3 is 3.05 bits per heavy atom.